The first kappa shape index (κ1) is 17.7. The van der Waals surface area contributed by atoms with Gasteiger partial charge in [-0.05, 0) is 0 Å². The van der Waals surface area contributed by atoms with E-state index in [2.05, 4.69) is 50.8 Å². The van der Waals surface area contributed by atoms with Crippen molar-refractivity contribution in [1.29, 1.82) is 0 Å². The smallest absolute Gasteiger partial charge is 0.321 e. The molecule has 1 fully saturated rings. The fourth-order valence-corrected chi connectivity index (χ4v) is 5.10. The van der Waals surface area contributed by atoms with Crippen molar-refractivity contribution in [2.75, 3.05) is 0 Å². The second-order valence-electron chi connectivity index (χ2n) is 5.90. The molecule has 1 aromatic carbocycles. The Labute approximate surface area is 129 Å². The minimum absolute atomic E-state index is 0.0567. The average molecular weight is 398 g/mol. The van der Waals surface area contributed by atoms with Crippen LogP contribution in [0.3, 0.4) is 0 Å². The van der Waals surface area contributed by atoms with E-state index >= 15 is 0 Å². The molecule has 1 aromatic rings. The average Bonchev–Trinajstić information content (AvgIpc) is 2.71. The first-order chi connectivity index (χ1) is 9.75. The second-order valence-corrected chi connectivity index (χ2v) is 20.4. The number of hydrogen-bond donors (Lipinski definition) is 0. The van der Waals surface area contributed by atoms with Gasteiger partial charge in [-0.25, -0.2) is 0 Å². The van der Waals surface area contributed by atoms with E-state index in [1.54, 1.807) is 3.58 Å². The van der Waals surface area contributed by atoms with E-state index in [4.69, 9.17) is 0 Å². The summed E-state index contributed by atoms with van der Waals surface area (Å²) in [7, 11) is 0. The van der Waals surface area contributed by atoms with Gasteiger partial charge in [-0.2, -0.15) is 0 Å². The molecule has 1 aliphatic heterocycles. The van der Waals surface area contributed by atoms with Crippen LogP contribution in [0, 0.1) is 6.92 Å². The number of hydrogen-bond acceptors (Lipinski definition) is 4. The largest absolute Gasteiger partial charge is 0.334 e. The van der Waals surface area contributed by atoms with Crippen LogP contribution in [-0.4, -0.2) is 41.7 Å². The first-order valence-electron chi connectivity index (χ1n) is 6.79. The number of nitrogens with zero attached hydrogens (tertiary/aromatic N) is 1. The molecule has 0 aliphatic carbocycles. The van der Waals surface area contributed by atoms with Crippen LogP contribution in [0.1, 0.15) is 18.4 Å². The SMILES string of the molecule is Cc1cc[c]([Sn]([CH3])([CH3])[CH3])cc1.O=CON1C(=O)CCC1=O. The quantitative estimate of drug-likeness (QED) is 0.443. The first-order valence-corrected chi connectivity index (χ1v) is 16.8. The van der Waals surface area contributed by atoms with Crippen molar-refractivity contribution < 1.29 is 19.2 Å². The molecule has 5 nitrogen and oxygen atoms in total. The van der Waals surface area contributed by atoms with Crippen LogP contribution >= 0.6 is 0 Å². The Bertz CT molecular complexity index is 503. The molecule has 2 amide bonds. The Kier molecular flexibility index (Phi) is 6.38. The molecule has 0 N–H and O–H groups in total. The van der Waals surface area contributed by atoms with Crippen molar-refractivity contribution in [3.05, 3.63) is 29.8 Å². The van der Waals surface area contributed by atoms with Crippen LogP contribution in [0.25, 0.3) is 0 Å². The molecular formula is C15H21NO4Sn. The summed E-state index contributed by atoms with van der Waals surface area (Å²) in [6, 6.07) is 9.03. The van der Waals surface area contributed by atoms with Crippen LogP contribution in [0.15, 0.2) is 24.3 Å². The summed E-state index contributed by atoms with van der Waals surface area (Å²) in [4.78, 5) is 42.3. The number of benzene rings is 1. The van der Waals surface area contributed by atoms with E-state index in [0.29, 0.717) is 5.06 Å². The maximum Gasteiger partial charge on any atom is 0.321 e. The summed E-state index contributed by atoms with van der Waals surface area (Å²) in [5.74, 6) is -0.922. The third kappa shape index (κ3) is 5.49. The zero-order valence-corrected chi connectivity index (χ0v) is 15.7. The van der Waals surface area contributed by atoms with Crippen LogP contribution in [0.4, 0.5) is 0 Å². The Morgan fingerprint density at radius 3 is 1.90 bits per heavy atom. The van der Waals surface area contributed by atoms with Crippen molar-refractivity contribution in [2.24, 2.45) is 0 Å². The fourth-order valence-electron chi connectivity index (χ4n) is 1.77. The zero-order valence-electron chi connectivity index (χ0n) is 12.9. The standard InChI is InChI=1S/C7H7.C5H5NO4.3CH3.Sn/c1-7-5-3-2-4-6-7;7-3-10-6-4(8)1-2-5(6)9;;;;/h3-6H,1H3;3H,1-2H2;3*1H3;. The monoisotopic (exact) mass is 399 g/mol. The Hall–Kier alpha value is -1.37. The number of aryl methyl sites for hydroxylation is 1. The molecule has 6 heteroatoms. The van der Waals surface area contributed by atoms with E-state index in [9.17, 15) is 14.4 Å². The van der Waals surface area contributed by atoms with Crippen LogP contribution in [0.2, 0.25) is 14.8 Å². The Morgan fingerprint density at radius 2 is 1.52 bits per heavy atom. The van der Waals surface area contributed by atoms with Gasteiger partial charge in [-0.3, -0.25) is 14.4 Å². The summed E-state index contributed by atoms with van der Waals surface area (Å²) in [5, 5.41) is 0.479. The zero-order chi connectivity index (χ0) is 16.0. The van der Waals surface area contributed by atoms with Gasteiger partial charge in [-0.15, -0.1) is 5.06 Å². The van der Waals surface area contributed by atoms with Crippen LogP contribution < -0.4 is 3.58 Å². The van der Waals surface area contributed by atoms with Gasteiger partial charge in [0.2, 0.25) is 0 Å². The van der Waals surface area contributed by atoms with Gasteiger partial charge in [0.1, 0.15) is 0 Å². The predicted octanol–water partition coefficient (Wildman–Crippen LogP) is 1.76. The summed E-state index contributed by atoms with van der Waals surface area (Å²) >= 11 is -1.74. The van der Waals surface area contributed by atoms with Gasteiger partial charge < -0.3 is 4.84 Å². The van der Waals surface area contributed by atoms with Gasteiger partial charge in [-0.1, -0.05) is 0 Å². The number of imide groups is 1. The number of rotatable bonds is 3. The Balaban J connectivity index is 0.000000211. The van der Waals surface area contributed by atoms with E-state index < -0.39 is 30.2 Å². The maximum absolute atomic E-state index is 10.6. The summed E-state index contributed by atoms with van der Waals surface area (Å²) in [5.41, 5.74) is 1.37. The third-order valence-electron chi connectivity index (χ3n) is 3.07. The molecule has 0 atom stereocenters. The van der Waals surface area contributed by atoms with Gasteiger partial charge >= 0.3 is 80.0 Å². The molecule has 1 saturated heterocycles. The van der Waals surface area contributed by atoms with E-state index in [1.165, 1.54) is 5.56 Å². The molecule has 0 bridgehead atoms. The number of carbonyl (C=O) groups is 3. The summed E-state index contributed by atoms with van der Waals surface area (Å²) in [6.07, 6.45) is 0.263. The third-order valence-corrected chi connectivity index (χ3v) is 8.97. The van der Waals surface area contributed by atoms with Gasteiger partial charge in [0.05, 0.1) is 0 Å². The van der Waals surface area contributed by atoms with Crippen LogP contribution in [0.5, 0.6) is 0 Å². The van der Waals surface area contributed by atoms with Crippen molar-refractivity contribution in [3.8, 4) is 0 Å². The molecule has 114 valence electrons. The summed E-state index contributed by atoms with van der Waals surface area (Å²) in [6.45, 7) is 2.20. The molecular weight excluding hydrogens is 377 g/mol. The number of hydroxylamine groups is 2. The van der Waals surface area contributed by atoms with Crippen molar-refractivity contribution in [3.63, 3.8) is 0 Å². The summed E-state index contributed by atoms with van der Waals surface area (Å²) < 4.78 is 1.62. The molecule has 21 heavy (non-hydrogen) atoms. The normalized spacial score (nSPS) is 14.6. The van der Waals surface area contributed by atoms with Crippen molar-refractivity contribution in [2.45, 2.75) is 34.6 Å². The minimum Gasteiger partial charge on any atom is -0.334 e. The van der Waals surface area contributed by atoms with Crippen LogP contribution in [-0.2, 0) is 19.2 Å². The van der Waals surface area contributed by atoms with E-state index in [-0.39, 0.29) is 19.3 Å². The Morgan fingerprint density at radius 1 is 1.05 bits per heavy atom. The number of carbonyl (C=O) groups excluding carboxylic acids is 3. The fraction of sp³-hybridized carbons (Fsp3) is 0.400. The predicted molar refractivity (Wildman–Crippen MR) is 82.4 cm³/mol. The molecule has 2 rings (SSSR count). The number of amides is 2. The topological polar surface area (TPSA) is 63.7 Å². The molecule has 0 spiro atoms. The minimum atomic E-state index is -1.74. The van der Waals surface area contributed by atoms with Gasteiger partial charge in [0, 0.05) is 12.8 Å². The molecule has 0 unspecified atom stereocenters. The molecule has 0 radical (unpaired) electrons. The second kappa shape index (κ2) is 7.58. The van der Waals surface area contributed by atoms with E-state index in [0.717, 1.165) is 0 Å². The van der Waals surface area contributed by atoms with Gasteiger partial charge in [0.15, 0.2) is 0 Å². The van der Waals surface area contributed by atoms with Crippen molar-refractivity contribution in [1.82, 2.24) is 5.06 Å². The molecule has 0 saturated carbocycles. The van der Waals surface area contributed by atoms with E-state index in [1.807, 2.05) is 0 Å². The molecule has 1 aliphatic rings. The van der Waals surface area contributed by atoms with Gasteiger partial charge in [0.25, 0.3) is 11.8 Å². The maximum atomic E-state index is 10.6. The molecule has 0 aromatic heterocycles. The van der Waals surface area contributed by atoms with Crippen molar-refractivity contribution >= 4 is 40.2 Å². The molecule has 1 heterocycles.